The molecule has 1 aliphatic rings. The Balaban J connectivity index is 1.85. The molecule has 2 aromatic rings. The number of hydrogen-bond donors (Lipinski definition) is 3. The lowest BCUT2D eigenvalue weighted by molar-refractivity contribution is 0.232. The van der Waals surface area contributed by atoms with Crippen molar-refractivity contribution in [2.45, 2.75) is 24.2 Å². The number of nitrogens with zero attached hydrogens (tertiary/aromatic N) is 4. The van der Waals surface area contributed by atoms with E-state index in [1.165, 1.54) is 17.0 Å². The van der Waals surface area contributed by atoms with Crippen LogP contribution in [0.15, 0.2) is 46.3 Å². The normalized spacial score (nSPS) is 15.9. The summed E-state index contributed by atoms with van der Waals surface area (Å²) in [5.41, 5.74) is 1.25. The molecule has 1 heterocycles. The minimum absolute atomic E-state index is 0.364. The van der Waals surface area contributed by atoms with E-state index in [0.717, 1.165) is 29.8 Å². The van der Waals surface area contributed by atoms with Gasteiger partial charge in [0.2, 0.25) is 11.8 Å². The highest BCUT2D eigenvalue weighted by Crippen LogP contribution is 2.36. The maximum Gasteiger partial charge on any atom is 0.247 e. The van der Waals surface area contributed by atoms with Crippen molar-refractivity contribution in [3.63, 3.8) is 0 Å². The first-order chi connectivity index (χ1) is 13.6. The van der Waals surface area contributed by atoms with Gasteiger partial charge in [-0.3, -0.25) is 15.1 Å². The van der Waals surface area contributed by atoms with Gasteiger partial charge < -0.3 is 10.1 Å². The Morgan fingerprint density at radius 2 is 2.11 bits per heavy atom. The zero-order valence-corrected chi connectivity index (χ0v) is 16.7. The molecule has 1 aliphatic carbocycles. The van der Waals surface area contributed by atoms with Crippen LogP contribution in [0.2, 0.25) is 0 Å². The number of anilines is 3. The van der Waals surface area contributed by atoms with Crippen LogP contribution in [0.4, 0.5) is 23.1 Å². The van der Waals surface area contributed by atoms with Gasteiger partial charge in [-0.25, -0.2) is 5.84 Å². The Bertz CT molecular complexity index is 839. The lowest BCUT2D eigenvalue weighted by atomic mass is 9.95. The summed E-state index contributed by atoms with van der Waals surface area (Å²) in [7, 11) is 1.68. The monoisotopic (exact) mass is 399 g/mol. The number of hydrogen-bond acceptors (Lipinski definition) is 9. The standard InChI is InChI=1S/C19H25N7OS/c1-22-16-17(26(2)20)24-19(23-14-8-10-15(28-21)11-9-14)25-18(16)27-12-13-6-4-3-5-7-13/h3-4,8-11,13H,1,5-7,12,20-21H2,2H3,(H,23,24,25). The summed E-state index contributed by atoms with van der Waals surface area (Å²) < 4.78 is 6.01. The molecule has 1 aromatic carbocycles. The predicted octanol–water partition coefficient (Wildman–Crippen LogP) is 3.56. The lowest BCUT2D eigenvalue weighted by Crippen LogP contribution is -2.27. The third-order valence-electron chi connectivity index (χ3n) is 4.41. The summed E-state index contributed by atoms with van der Waals surface area (Å²) in [6.45, 7) is 4.18. The van der Waals surface area contributed by atoms with Crippen LogP contribution in [-0.2, 0) is 0 Å². The van der Waals surface area contributed by atoms with E-state index < -0.39 is 0 Å². The van der Waals surface area contributed by atoms with E-state index in [4.69, 9.17) is 15.7 Å². The Hall–Kier alpha value is -2.62. The lowest BCUT2D eigenvalue weighted by Gasteiger charge is -2.21. The Morgan fingerprint density at radius 1 is 1.32 bits per heavy atom. The summed E-state index contributed by atoms with van der Waals surface area (Å²) in [5, 5.41) is 10.1. The molecule has 3 rings (SSSR count). The molecule has 0 saturated heterocycles. The molecule has 5 N–H and O–H groups in total. The zero-order valence-electron chi connectivity index (χ0n) is 15.8. The molecule has 9 heteroatoms. The van der Waals surface area contributed by atoms with Crippen molar-refractivity contribution < 1.29 is 4.74 Å². The van der Waals surface area contributed by atoms with Crippen LogP contribution in [0.25, 0.3) is 0 Å². The van der Waals surface area contributed by atoms with E-state index in [-0.39, 0.29) is 0 Å². The molecule has 0 bridgehead atoms. The van der Waals surface area contributed by atoms with Gasteiger partial charge in [-0.1, -0.05) is 12.2 Å². The first-order valence-electron chi connectivity index (χ1n) is 8.99. The van der Waals surface area contributed by atoms with Gasteiger partial charge in [0.05, 0.1) is 6.61 Å². The van der Waals surface area contributed by atoms with Crippen LogP contribution >= 0.6 is 11.9 Å². The largest absolute Gasteiger partial charge is 0.476 e. The SMILES string of the molecule is C=Nc1c(OCC2CC=CCC2)nc(Nc2ccc(SN)cc2)nc1N(C)N. The van der Waals surface area contributed by atoms with Gasteiger partial charge in [0.1, 0.15) is 0 Å². The molecule has 0 fully saturated rings. The fourth-order valence-electron chi connectivity index (χ4n) is 2.91. The number of aromatic nitrogens is 2. The Labute approximate surface area is 169 Å². The minimum Gasteiger partial charge on any atom is -0.476 e. The number of ether oxygens (including phenoxy) is 1. The summed E-state index contributed by atoms with van der Waals surface area (Å²) in [6.07, 6.45) is 7.57. The number of hydrazine groups is 1. The van der Waals surface area contributed by atoms with Gasteiger partial charge in [-0.15, -0.1) is 0 Å². The summed E-state index contributed by atoms with van der Waals surface area (Å²) in [5.74, 6) is 7.56. The fourth-order valence-corrected chi connectivity index (χ4v) is 3.21. The number of nitrogens with one attached hydrogen (secondary N) is 1. The first kappa shape index (κ1) is 20.1. The Kier molecular flexibility index (Phi) is 6.85. The van der Waals surface area contributed by atoms with E-state index in [9.17, 15) is 0 Å². The number of aliphatic imine (C=N–C) groups is 1. The number of nitrogens with two attached hydrogens (primary N) is 2. The average molecular weight is 400 g/mol. The maximum absolute atomic E-state index is 6.01. The molecule has 0 radical (unpaired) electrons. The number of allylic oxidation sites excluding steroid dienone is 2. The predicted molar refractivity (Wildman–Crippen MR) is 116 cm³/mol. The van der Waals surface area contributed by atoms with Crippen LogP contribution in [0.3, 0.4) is 0 Å². The van der Waals surface area contributed by atoms with Crippen molar-refractivity contribution in [3.8, 4) is 5.88 Å². The van der Waals surface area contributed by atoms with E-state index in [1.807, 2.05) is 24.3 Å². The molecule has 0 saturated carbocycles. The fraction of sp³-hybridized carbons (Fsp3) is 0.316. The van der Waals surface area contributed by atoms with Gasteiger partial charge in [0, 0.05) is 17.6 Å². The van der Waals surface area contributed by atoms with E-state index >= 15 is 0 Å². The molecular formula is C19H25N7OS. The van der Waals surface area contributed by atoms with Crippen molar-refractivity contribution in [3.05, 3.63) is 36.4 Å². The summed E-state index contributed by atoms with van der Waals surface area (Å²) in [6, 6.07) is 7.63. The maximum atomic E-state index is 6.01. The highest BCUT2D eigenvalue weighted by Gasteiger charge is 2.19. The van der Waals surface area contributed by atoms with Gasteiger partial charge in [-0.05, 0) is 68.1 Å². The second kappa shape index (κ2) is 9.54. The van der Waals surface area contributed by atoms with Crippen molar-refractivity contribution in [2.24, 2.45) is 21.9 Å². The van der Waals surface area contributed by atoms with Crippen LogP contribution < -0.4 is 26.0 Å². The minimum atomic E-state index is 0.364. The van der Waals surface area contributed by atoms with Crippen molar-refractivity contribution in [1.29, 1.82) is 0 Å². The van der Waals surface area contributed by atoms with Crippen LogP contribution in [0.5, 0.6) is 5.88 Å². The second-order valence-electron chi connectivity index (χ2n) is 6.52. The molecule has 148 valence electrons. The third kappa shape index (κ3) is 5.00. The molecule has 1 atom stereocenters. The van der Waals surface area contributed by atoms with E-state index in [1.54, 1.807) is 7.05 Å². The van der Waals surface area contributed by atoms with E-state index in [0.29, 0.717) is 35.9 Å². The van der Waals surface area contributed by atoms with Gasteiger partial charge in [-0.2, -0.15) is 9.97 Å². The molecule has 1 aromatic heterocycles. The molecule has 8 nitrogen and oxygen atoms in total. The van der Waals surface area contributed by atoms with E-state index in [2.05, 4.69) is 39.1 Å². The first-order valence-corrected chi connectivity index (χ1v) is 9.87. The average Bonchev–Trinajstić information content (AvgIpc) is 2.73. The molecule has 28 heavy (non-hydrogen) atoms. The quantitative estimate of drug-likeness (QED) is 0.203. The molecular weight excluding hydrogens is 374 g/mol. The second-order valence-corrected chi connectivity index (χ2v) is 7.23. The van der Waals surface area contributed by atoms with Crippen molar-refractivity contribution >= 4 is 41.8 Å². The summed E-state index contributed by atoms with van der Waals surface area (Å²) in [4.78, 5) is 14.0. The van der Waals surface area contributed by atoms with Gasteiger partial charge in [0.25, 0.3) is 0 Å². The van der Waals surface area contributed by atoms with Gasteiger partial charge in [0.15, 0.2) is 11.5 Å². The zero-order chi connectivity index (χ0) is 19.9. The number of benzene rings is 1. The Morgan fingerprint density at radius 3 is 2.71 bits per heavy atom. The molecule has 0 amide bonds. The highest BCUT2D eigenvalue weighted by molar-refractivity contribution is 7.97. The smallest absolute Gasteiger partial charge is 0.247 e. The van der Waals surface area contributed by atoms with Crippen LogP contribution in [-0.4, -0.2) is 30.3 Å². The van der Waals surface area contributed by atoms with Crippen LogP contribution in [0.1, 0.15) is 19.3 Å². The van der Waals surface area contributed by atoms with Crippen molar-refractivity contribution in [1.82, 2.24) is 9.97 Å². The molecule has 0 spiro atoms. The molecule has 0 aliphatic heterocycles. The van der Waals surface area contributed by atoms with Gasteiger partial charge >= 0.3 is 0 Å². The summed E-state index contributed by atoms with van der Waals surface area (Å²) >= 11 is 1.19. The molecule has 1 unspecified atom stereocenters. The van der Waals surface area contributed by atoms with Crippen LogP contribution in [0, 0.1) is 5.92 Å². The van der Waals surface area contributed by atoms with Crippen molar-refractivity contribution in [2.75, 3.05) is 24.0 Å². The highest BCUT2D eigenvalue weighted by atomic mass is 32.2. The topological polar surface area (TPSA) is 115 Å². The third-order valence-corrected chi connectivity index (χ3v) is 4.95. The number of rotatable bonds is 8.